The highest BCUT2D eigenvalue weighted by molar-refractivity contribution is 6.03. The second-order valence-electron chi connectivity index (χ2n) is 3.17. The first-order chi connectivity index (χ1) is 9.70. The number of ether oxygens (including phenoxy) is 2. The van der Waals surface area contributed by atoms with E-state index in [-0.39, 0.29) is 11.1 Å². The van der Waals surface area contributed by atoms with E-state index < -0.39 is 25.4 Å². The van der Waals surface area contributed by atoms with Crippen LogP contribution >= 0.6 is 0 Å². The first-order valence-electron chi connectivity index (χ1n) is 5.21. The zero-order valence-electron chi connectivity index (χ0n) is 10.1. The van der Waals surface area contributed by atoms with Crippen LogP contribution in [0.4, 0.5) is 0 Å². The Morgan fingerprint density at radius 1 is 0.900 bits per heavy atom. The molecule has 0 saturated carbocycles. The third-order valence-electron chi connectivity index (χ3n) is 2.02. The van der Waals surface area contributed by atoms with Gasteiger partial charge in [-0.3, -0.25) is 0 Å². The molecule has 102 valence electrons. The number of aliphatic imine (C=N–C) groups is 2. The van der Waals surface area contributed by atoms with Gasteiger partial charge in [0.05, 0.1) is 11.1 Å². The quantitative estimate of drug-likeness (QED) is 0.427. The Kier molecular flexibility index (Phi) is 6.06. The van der Waals surface area contributed by atoms with E-state index in [0.717, 1.165) is 0 Å². The Morgan fingerprint density at radius 2 is 1.30 bits per heavy atom. The molecule has 0 bridgehead atoms. The topological polar surface area (TPSA) is 111 Å². The molecule has 0 radical (unpaired) electrons. The fourth-order valence-electron chi connectivity index (χ4n) is 1.23. The van der Waals surface area contributed by atoms with Crippen LogP contribution in [0.5, 0.6) is 0 Å². The minimum absolute atomic E-state index is 0.0614. The highest BCUT2D eigenvalue weighted by atomic mass is 16.5. The Bertz CT molecular complexity index is 547. The van der Waals surface area contributed by atoms with Crippen molar-refractivity contribution in [3.8, 4) is 0 Å². The lowest BCUT2D eigenvalue weighted by Crippen LogP contribution is -2.14. The van der Waals surface area contributed by atoms with Gasteiger partial charge in [0.1, 0.15) is 0 Å². The fourth-order valence-corrected chi connectivity index (χ4v) is 1.23. The zero-order chi connectivity index (χ0) is 14.8. The van der Waals surface area contributed by atoms with Gasteiger partial charge in [0.2, 0.25) is 12.2 Å². The Balaban J connectivity index is 2.86. The molecule has 0 fully saturated rings. The number of benzene rings is 1. The van der Waals surface area contributed by atoms with Crippen molar-refractivity contribution in [3.05, 3.63) is 35.4 Å². The molecule has 0 saturated heterocycles. The van der Waals surface area contributed by atoms with Crippen LogP contribution in [0.15, 0.2) is 34.3 Å². The second kappa shape index (κ2) is 8.10. The Morgan fingerprint density at radius 3 is 1.65 bits per heavy atom. The first kappa shape index (κ1) is 15.0. The summed E-state index contributed by atoms with van der Waals surface area (Å²) in [4.78, 5) is 49.1. The number of hydrogen-bond acceptors (Lipinski definition) is 8. The van der Waals surface area contributed by atoms with Gasteiger partial charge in [-0.05, 0) is 12.1 Å². The first-order valence-corrected chi connectivity index (χ1v) is 5.21. The Hall–Kier alpha value is -3.08. The molecule has 0 aromatic heterocycles. The number of carbonyl (C=O) groups is 2. The van der Waals surface area contributed by atoms with Gasteiger partial charge in [-0.15, -0.1) is 0 Å². The largest absolute Gasteiger partial charge is 0.438 e. The molecular formula is C12H8N2O6. The number of hydrogen-bond donors (Lipinski definition) is 0. The van der Waals surface area contributed by atoms with Crippen molar-refractivity contribution in [3.63, 3.8) is 0 Å². The lowest BCUT2D eigenvalue weighted by atomic mass is 10.1. The number of rotatable bonds is 6. The van der Waals surface area contributed by atoms with Crippen LogP contribution < -0.4 is 0 Å². The number of nitrogens with zero attached hydrogens (tertiary/aromatic N) is 2. The molecule has 1 aromatic carbocycles. The predicted octanol–water partition coefficient (Wildman–Crippen LogP) is 0.587. The summed E-state index contributed by atoms with van der Waals surface area (Å²) in [6, 6.07) is 5.71. The van der Waals surface area contributed by atoms with Crippen LogP contribution in [-0.2, 0) is 19.1 Å². The maximum Gasteiger partial charge on any atom is 0.340 e. The van der Waals surface area contributed by atoms with Gasteiger partial charge < -0.3 is 9.47 Å². The van der Waals surface area contributed by atoms with Crippen LogP contribution in [0.25, 0.3) is 0 Å². The van der Waals surface area contributed by atoms with E-state index in [4.69, 9.17) is 0 Å². The van der Waals surface area contributed by atoms with E-state index in [0.29, 0.717) is 0 Å². The van der Waals surface area contributed by atoms with Gasteiger partial charge in [-0.1, -0.05) is 12.1 Å². The van der Waals surface area contributed by atoms with E-state index >= 15 is 0 Å². The van der Waals surface area contributed by atoms with Gasteiger partial charge in [0, 0.05) is 0 Å². The average molecular weight is 276 g/mol. The number of esters is 2. The lowest BCUT2D eigenvalue weighted by Gasteiger charge is -2.06. The predicted molar refractivity (Wildman–Crippen MR) is 63.3 cm³/mol. The molecule has 0 unspecified atom stereocenters. The molecule has 1 aromatic rings. The molecule has 0 heterocycles. The summed E-state index contributed by atoms with van der Waals surface area (Å²) in [6.07, 6.45) is 2.41. The third-order valence-corrected chi connectivity index (χ3v) is 2.02. The van der Waals surface area contributed by atoms with Gasteiger partial charge >= 0.3 is 11.9 Å². The van der Waals surface area contributed by atoms with Crippen LogP contribution in [0.2, 0.25) is 0 Å². The summed E-state index contributed by atoms with van der Waals surface area (Å²) in [5.41, 5.74) is -0.123. The average Bonchev–Trinajstić information content (AvgIpc) is 2.47. The molecule has 0 atom stereocenters. The monoisotopic (exact) mass is 276 g/mol. The van der Waals surface area contributed by atoms with E-state index in [9.17, 15) is 19.2 Å². The van der Waals surface area contributed by atoms with Crippen molar-refractivity contribution in [2.75, 3.05) is 13.5 Å². The second-order valence-corrected chi connectivity index (χ2v) is 3.17. The molecule has 0 aliphatic carbocycles. The van der Waals surface area contributed by atoms with E-state index in [1.54, 1.807) is 0 Å². The molecule has 8 nitrogen and oxygen atoms in total. The molecule has 0 aliphatic rings. The van der Waals surface area contributed by atoms with Crippen molar-refractivity contribution in [1.29, 1.82) is 0 Å². The lowest BCUT2D eigenvalue weighted by molar-refractivity contribution is 0.0470. The summed E-state index contributed by atoms with van der Waals surface area (Å²) in [5, 5.41) is 0. The van der Waals surface area contributed by atoms with Crippen LogP contribution in [0.1, 0.15) is 20.7 Å². The van der Waals surface area contributed by atoms with Crippen LogP contribution in [-0.4, -0.2) is 37.6 Å². The van der Waals surface area contributed by atoms with Gasteiger partial charge in [-0.2, -0.15) is 9.98 Å². The SMILES string of the molecule is O=C=NCOC(=O)c1ccccc1C(=O)OCN=C=O. The Labute approximate surface area is 112 Å². The summed E-state index contributed by atoms with van der Waals surface area (Å²) >= 11 is 0. The van der Waals surface area contributed by atoms with Crippen LogP contribution in [0.3, 0.4) is 0 Å². The molecule has 0 amide bonds. The molecule has 20 heavy (non-hydrogen) atoms. The summed E-state index contributed by atoms with van der Waals surface area (Å²) in [7, 11) is 0. The van der Waals surface area contributed by atoms with E-state index in [1.165, 1.54) is 36.4 Å². The maximum atomic E-state index is 11.7. The standard InChI is InChI=1S/C12H8N2O6/c15-5-13-7-19-11(17)9-3-1-2-4-10(9)12(18)20-8-14-6-16/h1-4H,7-8H2. The highest BCUT2D eigenvalue weighted by Gasteiger charge is 2.18. The van der Waals surface area contributed by atoms with Crippen molar-refractivity contribution in [1.82, 2.24) is 0 Å². The number of carbonyl (C=O) groups excluding carboxylic acids is 4. The molecular weight excluding hydrogens is 268 g/mol. The zero-order valence-corrected chi connectivity index (χ0v) is 10.1. The van der Waals surface area contributed by atoms with Crippen molar-refractivity contribution < 1.29 is 28.7 Å². The van der Waals surface area contributed by atoms with Gasteiger partial charge in [0.25, 0.3) is 0 Å². The van der Waals surface area contributed by atoms with E-state index in [1.807, 2.05) is 0 Å². The summed E-state index contributed by atoms with van der Waals surface area (Å²) in [5.74, 6) is -1.70. The van der Waals surface area contributed by atoms with E-state index in [2.05, 4.69) is 19.5 Å². The molecule has 0 aliphatic heterocycles. The van der Waals surface area contributed by atoms with Crippen molar-refractivity contribution in [2.24, 2.45) is 9.98 Å². The highest BCUT2D eigenvalue weighted by Crippen LogP contribution is 2.12. The van der Waals surface area contributed by atoms with Gasteiger partial charge in [-0.25, -0.2) is 19.2 Å². The number of isocyanates is 2. The normalized spacial score (nSPS) is 8.80. The molecule has 0 N–H and O–H groups in total. The van der Waals surface area contributed by atoms with Crippen LogP contribution in [0, 0.1) is 0 Å². The molecule has 1 rings (SSSR count). The summed E-state index contributed by atoms with van der Waals surface area (Å²) in [6.45, 7) is -0.998. The van der Waals surface area contributed by atoms with Crippen molar-refractivity contribution in [2.45, 2.75) is 0 Å². The maximum absolute atomic E-state index is 11.7. The minimum atomic E-state index is -0.851. The van der Waals surface area contributed by atoms with Gasteiger partial charge in [0.15, 0.2) is 13.5 Å². The molecule has 8 heteroatoms. The summed E-state index contributed by atoms with van der Waals surface area (Å²) < 4.78 is 9.25. The van der Waals surface area contributed by atoms with Crippen molar-refractivity contribution >= 4 is 24.1 Å². The third kappa shape index (κ3) is 4.30. The minimum Gasteiger partial charge on any atom is -0.438 e. The smallest absolute Gasteiger partial charge is 0.340 e. The fraction of sp³-hybridized carbons (Fsp3) is 0.167. The molecule has 0 spiro atoms.